The van der Waals surface area contributed by atoms with Crippen LogP contribution in [0.1, 0.15) is 10.4 Å². The molecule has 1 atom stereocenters. The number of anilines is 1. The van der Waals surface area contributed by atoms with E-state index in [2.05, 4.69) is 0 Å². The van der Waals surface area contributed by atoms with Gasteiger partial charge in [-0.25, -0.2) is 9.18 Å². The van der Waals surface area contributed by atoms with Gasteiger partial charge >= 0.3 is 11.9 Å². The number of halogens is 1. The van der Waals surface area contributed by atoms with E-state index in [1.165, 1.54) is 25.3 Å². The Labute approximate surface area is 101 Å². The molecular formula is C11H8FNO5. The molecule has 0 aromatic heterocycles. The standard InChI is InChI=1S/C11H8FNO5/c1-18-5-2-3-6-7(4-5)13(9(12)11(16)17)10(15)8(6)14/h2-4,9H,1H3,(H,16,17). The molecule has 1 aromatic carbocycles. The Morgan fingerprint density at radius 1 is 1.44 bits per heavy atom. The van der Waals surface area contributed by atoms with Gasteiger partial charge in [0.15, 0.2) is 0 Å². The maximum atomic E-state index is 13.5. The number of carboxylic acid groups (broad SMARTS) is 1. The predicted molar refractivity (Wildman–Crippen MR) is 57.3 cm³/mol. The van der Waals surface area contributed by atoms with Crippen LogP contribution in [0.5, 0.6) is 5.75 Å². The minimum absolute atomic E-state index is 0.0373. The zero-order chi connectivity index (χ0) is 13.4. The molecule has 0 bridgehead atoms. The first kappa shape index (κ1) is 12.0. The number of carbonyl (C=O) groups is 3. The molecule has 18 heavy (non-hydrogen) atoms. The van der Waals surface area contributed by atoms with Gasteiger partial charge in [-0.15, -0.1) is 0 Å². The Bertz CT molecular complexity index is 556. The summed E-state index contributed by atoms with van der Waals surface area (Å²) in [7, 11) is 1.36. The van der Waals surface area contributed by atoms with Crippen molar-refractivity contribution >= 4 is 23.3 Å². The first-order valence-electron chi connectivity index (χ1n) is 4.90. The number of carbonyl (C=O) groups excluding carboxylic acids is 2. The summed E-state index contributed by atoms with van der Waals surface area (Å²) in [5.74, 6) is -3.68. The molecule has 0 aliphatic carbocycles. The molecule has 94 valence electrons. The maximum absolute atomic E-state index is 13.5. The number of rotatable bonds is 3. The Hall–Kier alpha value is -2.44. The van der Waals surface area contributed by atoms with Crippen molar-refractivity contribution < 1.29 is 28.6 Å². The maximum Gasteiger partial charge on any atom is 0.360 e. The summed E-state index contributed by atoms with van der Waals surface area (Å²) >= 11 is 0. The molecule has 2 rings (SSSR count). The normalized spacial score (nSPS) is 15.6. The van der Waals surface area contributed by atoms with Gasteiger partial charge in [0.05, 0.1) is 18.4 Å². The van der Waals surface area contributed by atoms with E-state index in [-0.39, 0.29) is 11.3 Å². The number of nitrogens with zero attached hydrogens (tertiary/aromatic N) is 1. The summed E-state index contributed by atoms with van der Waals surface area (Å²) in [6, 6.07) is 3.97. The second-order valence-electron chi connectivity index (χ2n) is 3.56. The lowest BCUT2D eigenvalue weighted by atomic mass is 10.1. The number of ether oxygens (including phenoxy) is 1. The minimum atomic E-state index is -2.60. The van der Waals surface area contributed by atoms with Crippen molar-refractivity contribution in [2.24, 2.45) is 0 Å². The third-order valence-corrected chi connectivity index (χ3v) is 2.55. The van der Waals surface area contributed by atoms with Crippen LogP contribution in [0.2, 0.25) is 0 Å². The molecule has 0 saturated carbocycles. The van der Waals surface area contributed by atoms with Gasteiger partial charge in [-0.2, -0.15) is 0 Å². The van der Waals surface area contributed by atoms with Gasteiger partial charge in [0, 0.05) is 6.07 Å². The molecule has 1 aromatic rings. The average Bonchev–Trinajstić information content (AvgIpc) is 2.60. The first-order valence-corrected chi connectivity index (χ1v) is 4.90. The van der Waals surface area contributed by atoms with Crippen LogP contribution in [0, 0.1) is 0 Å². The number of alkyl halides is 1. The number of hydrogen-bond acceptors (Lipinski definition) is 4. The van der Waals surface area contributed by atoms with Gasteiger partial charge in [-0.05, 0) is 12.1 Å². The van der Waals surface area contributed by atoms with E-state index in [9.17, 15) is 18.8 Å². The number of carboxylic acids is 1. The van der Waals surface area contributed by atoms with Crippen LogP contribution >= 0.6 is 0 Å². The molecule has 1 unspecified atom stereocenters. The highest BCUT2D eigenvalue weighted by molar-refractivity contribution is 6.52. The quantitative estimate of drug-likeness (QED) is 0.630. The lowest BCUT2D eigenvalue weighted by Gasteiger charge is -2.18. The molecule has 1 aliphatic rings. The van der Waals surface area contributed by atoms with Crippen LogP contribution in [0.4, 0.5) is 10.1 Å². The number of hydrogen-bond donors (Lipinski definition) is 1. The van der Waals surface area contributed by atoms with Crippen molar-refractivity contribution in [3.8, 4) is 5.75 Å². The van der Waals surface area contributed by atoms with Crippen molar-refractivity contribution in [1.82, 2.24) is 0 Å². The summed E-state index contributed by atoms with van der Waals surface area (Å²) in [6.45, 7) is 0. The van der Waals surface area contributed by atoms with Crippen molar-refractivity contribution in [1.29, 1.82) is 0 Å². The van der Waals surface area contributed by atoms with Crippen molar-refractivity contribution in [2.75, 3.05) is 12.0 Å². The molecule has 1 aliphatic heterocycles. The number of ketones is 1. The minimum Gasteiger partial charge on any atom is -0.497 e. The van der Waals surface area contributed by atoms with Gasteiger partial charge in [-0.3, -0.25) is 14.5 Å². The lowest BCUT2D eigenvalue weighted by molar-refractivity contribution is -0.144. The van der Waals surface area contributed by atoms with Crippen molar-refractivity contribution in [3.05, 3.63) is 23.8 Å². The van der Waals surface area contributed by atoms with E-state index in [1.54, 1.807) is 0 Å². The Balaban J connectivity index is 2.55. The highest BCUT2D eigenvalue weighted by Gasteiger charge is 2.43. The fourth-order valence-corrected chi connectivity index (χ4v) is 1.70. The topological polar surface area (TPSA) is 83.9 Å². The second-order valence-corrected chi connectivity index (χ2v) is 3.56. The first-order chi connectivity index (χ1) is 8.47. The van der Waals surface area contributed by atoms with E-state index in [0.717, 1.165) is 0 Å². The average molecular weight is 253 g/mol. The van der Waals surface area contributed by atoms with Crippen LogP contribution in [-0.4, -0.2) is 36.2 Å². The molecule has 6 nitrogen and oxygen atoms in total. The number of fused-ring (bicyclic) bond motifs is 1. The largest absolute Gasteiger partial charge is 0.497 e. The summed E-state index contributed by atoms with van der Waals surface area (Å²) in [4.78, 5) is 34.0. The SMILES string of the molecule is COc1ccc2c(c1)N(C(F)C(=O)O)C(=O)C2=O. The van der Waals surface area contributed by atoms with E-state index in [4.69, 9.17) is 9.84 Å². The molecule has 7 heteroatoms. The van der Waals surface area contributed by atoms with E-state index >= 15 is 0 Å². The fraction of sp³-hybridized carbons (Fsp3) is 0.182. The van der Waals surface area contributed by atoms with Crippen LogP contribution in [0.15, 0.2) is 18.2 Å². The molecule has 0 saturated heterocycles. The van der Waals surface area contributed by atoms with Gasteiger partial charge in [-0.1, -0.05) is 0 Å². The van der Waals surface area contributed by atoms with E-state index < -0.39 is 24.0 Å². The summed E-state index contributed by atoms with van der Waals surface area (Å²) < 4.78 is 18.4. The monoisotopic (exact) mass is 253 g/mol. The van der Waals surface area contributed by atoms with Crippen LogP contribution in [0.25, 0.3) is 0 Å². The third-order valence-electron chi connectivity index (χ3n) is 2.55. The molecule has 0 spiro atoms. The van der Waals surface area contributed by atoms with Gasteiger partial charge in [0.2, 0.25) is 0 Å². The predicted octanol–water partition coefficient (Wildman–Crippen LogP) is 0.605. The molecule has 1 N–H and O–H groups in total. The third kappa shape index (κ3) is 1.60. The van der Waals surface area contributed by atoms with Crippen molar-refractivity contribution in [3.63, 3.8) is 0 Å². The number of benzene rings is 1. The molecular weight excluding hydrogens is 245 g/mol. The van der Waals surface area contributed by atoms with E-state index in [1.807, 2.05) is 0 Å². The zero-order valence-electron chi connectivity index (χ0n) is 9.21. The van der Waals surface area contributed by atoms with Crippen LogP contribution in [-0.2, 0) is 9.59 Å². The van der Waals surface area contributed by atoms with Crippen LogP contribution < -0.4 is 9.64 Å². The van der Waals surface area contributed by atoms with Gasteiger partial charge in [0.1, 0.15) is 5.75 Å². The lowest BCUT2D eigenvalue weighted by Crippen LogP contribution is -2.41. The fourth-order valence-electron chi connectivity index (χ4n) is 1.70. The van der Waals surface area contributed by atoms with Gasteiger partial charge in [0.25, 0.3) is 12.1 Å². The molecule has 1 amide bonds. The van der Waals surface area contributed by atoms with E-state index in [0.29, 0.717) is 10.6 Å². The highest BCUT2D eigenvalue weighted by atomic mass is 19.1. The molecule has 1 heterocycles. The smallest absolute Gasteiger partial charge is 0.360 e. The zero-order valence-corrected chi connectivity index (χ0v) is 9.21. The summed E-state index contributed by atoms with van der Waals surface area (Å²) in [5, 5.41) is 8.59. The summed E-state index contributed by atoms with van der Waals surface area (Å²) in [5.41, 5.74) is -0.135. The second kappa shape index (κ2) is 4.10. The number of Topliss-reactive ketones (excluding diaryl/α,β-unsaturated/α-hetero) is 1. The highest BCUT2D eigenvalue weighted by Crippen LogP contribution is 2.34. The molecule has 0 fully saturated rings. The van der Waals surface area contributed by atoms with Crippen molar-refractivity contribution in [2.45, 2.75) is 6.30 Å². The summed E-state index contributed by atoms with van der Waals surface area (Å²) in [6.07, 6.45) is -2.60. The number of aliphatic carboxylic acids is 1. The number of methoxy groups -OCH3 is 1. The number of amides is 1. The van der Waals surface area contributed by atoms with Crippen LogP contribution in [0.3, 0.4) is 0 Å². The Morgan fingerprint density at radius 2 is 2.11 bits per heavy atom. The Morgan fingerprint density at radius 3 is 2.67 bits per heavy atom. The van der Waals surface area contributed by atoms with Gasteiger partial charge < -0.3 is 9.84 Å². The molecule has 0 radical (unpaired) electrons. The Kier molecular flexibility index (Phi) is 2.74.